The van der Waals surface area contributed by atoms with E-state index in [4.69, 9.17) is 14.9 Å². The standard InChI is InChI=1S/C7H10N2O4/c1-11-7(10)6-3-5(4-8)13-9(6)12-2/h5-6H,3H2,1-2H3/t5-,6+/m0/s1. The summed E-state index contributed by atoms with van der Waals surface area (Å²) >= 11 is 0. The van der Waals surface area contributed by atoms with Crippen LogP contribution in [0.5, 0.6) is 0 Å². The average Bonchev–Trinajstić information content (AvgIpc) is 2.59. The van der Waals surface area contributed by atoms with E-state index in [0.29, 0.717) is 0 Å². The molecule has 0 unspecified atom stereocenters. The lowest BCUT2D eigenvalue weighted by Crippen LogP contribution is -2.35. The molecule has 1 aliphatic rings. The van der Waals surface area contributed by atoms with Crippen molar-refractivity contribution in [3.05, 3.63) is 0 Å². The highest BCUT2D eigenvalue weighted by molar-refractivity contribution is 5.75. The summed E-state index contributed by atoms with van der Waals surface area (Å²) in [5.74, 6) is -0.473. The third-order valence-corrected chi connectivity index (χ3v) is 1.72. The maximum absolute atomic E-state index is 11.1. The number of rotatable bonds is 2. The zero-order valence-electron chi connectivity index (χ0n) is 7.39. The Kier molecular flexibility index (Phi) is 3.19. The summed E-state index contributed by atoms with van der Waals surface area (Å²) in [6.45, 7) is 0. The van der Waals surface area contributed by atoms with Crippen LogP contribution in [0, 0.1) is 11.3 Å². The average molecular weight is 186 g/mol. The number of esters is 1. The maximum atomic E-state index is 11.1. The molecule has 0 saturated carbocycles. The van der Waals surface area contributed by atoms with Gasteiger partial charge >= 0.3 is 5.97 Å². The molecule has 1 saturated heterocycles. The summed E-state index contributed by atoms with van der Waals surface area (Å²) < 4.78 is 4.51. The van der Waals surface area contributed by atoms with Crippen molar-refractivity contribution in [1.82, 2.24) is 5.23 Å². The number of nitrogens with zero attached hydrogens (tertiary/aromatic N) is 2. The van der Waals surface area contributed by atoms with Crippen molar-refractivity contribution < 1.29 is 19.2 Å². The quantitative estimate of drug-likeness (QED) is 0.547. The van der Waals surface area contributed by atoms with Crippen molar-refractivity contribution in [3.63, 3.8) is 0 Å². The molecule has 0 radical (unpaired) electrons. The van der Waals surface area contributed by atoms with E-state index < -0.39 is 18.1 Å². The molecule has 0 bridgehead atoms. The Hall–Kier alpha value is -1.16. The second-order valence-electron chi connectivity index (χ2n) is 2.47. The van der Waals surface area contributed by atoms with Crippen molar-refractivity contribution >= 4 is 5.97 Å². The van der Waals surface area contributed by atoms with E-state index in [1.165, 1.54) is 14.2 Å². The largest absolute Gasteiger partial charge is 0.468 e. The minimum atomic E-state index is -0.653. The summed E-state index contributed by atoms with van der Waals surface area (Å²) in [5, 5.41) is 9.53. The van der Waals surface area contributed by atoms with Crippen molar-refractivity contribution in [3.8, 4) is 6.07 Å². The second kappa shape index (κ2) is 4.18. The van der Waals surface area contributed by atoms with Gasteiger partial charge in [-0.1, -0.05) is 5.23 Å². The first-order valence-corrected chi connectivity index (χ1v) is 3.70. The Morgan fingerprint density at radius 2 is 2.38 bits per heavy atom. The second-order valence-corrected chi connectivity index (χ2v) is 2.47. The molecule has 1 rings (SSSR count). The summed E-state index contributed by atoms with van der Waals surface area (Å²) in [6, 6.07) is 1.23. The Bertz CT molecular complexity index is 237. The molecular weight excluding hydrogens is 176 g/mol. The van der Waals surface area contributed by atoms with Crippen LogP contribution in [0.1, 0.15) is 6.42 Å². The van der Waals surface area contributed by atoms with E-state index in [1.54, 1.807) is 0 Å². The SMILES string of the molecule is COC(=O)[C@H]1C[C@@H](C#N)ON1OC. The van der Waals surface area contributed by atoms with E-state index in [0.717, 1.165) is 5.23 Å². The number of nitriles is 1. The summed E-state index contributed by atoms with van der Waals surface area (Å²) in [5.41, 5.74) is 0. The maximum Gasteiger partial charge on any atom is 0.328 e. The summed E-state index contributed by atoms with van der Waals surface area (Å²) in [7, 11) is 2.63. The van der Waals surface area contributed by atoms with Crippen LogP contribution in [-0.4, -0.2) is 37.6 Å². The molecule has 0 N–H and O–H groups in total. The smallest absolute Gasteiger partial charge is 0.328 e. The number of hydroxylamine groups is 2. The van der Waals surface area contributed by atoms with Gasteiger partial charge < -0.3 is 4.74 Å². The lowest BCUT2D eigenvalue weighted by atomic mass is 10.2. The third kappa shape index (κ3) is 1.95. The monoisotopic (exact) mass is 186 g/mol. The van der Waals surface area contributed by atoms with E-state index in [-0.39, 0.29) is 6.42 Å². The normalized spacial score (nSPS) is 28.4. The number of carbonyl (C=O) groups excluding carboxylic acids is 1. The fourth-order valence-electron chi connectivity index (χ4n) is 1.10. The Balaban J connectivity index is 2.64. The van der Waals surface area contributed by atoms with Crippen LogP contribution in [0.25, 0.3) is 0 Å². The van der Waals surface area contributed by atoms with Gasteiger partial charge in [-0.05, 0) is 0 Å². The Morgan fingerprint density at radius 3 is 2.85 bits per heavy atom. The van der Waals surface area contributed by atoms with Crippen LogP contribution >= 0.6 is 0 Å². The molecule has 13 heavy (non-hydrogen) atoms. The molecular formula is C7H10N2O4. The van der Waals surface area contributed by atoms with Gasteiger partial charge in [0.1, 0.15) is 0 Å². The topological polar surface area (TPSA) is 71.8 Å². The highest BCUT2D eigenvalue weighted by atomic mass is 17.0. The van der Waals surface area contributed by atoms with Crippen molar-refractivity contribution in [1.29, 1.82) is 5.26 Å². The molecule has 0 amide bonds. The highest BCUT2D eigenvalue weighted by Crippen LogP contribution is 2.21. The summed E-state index contributed by atoms with van der Waals surface area (Å²) in [4.78, 5) is 20.8. The molecule has 0 aliphatic carbocycles. The van der Waals surface area contributed by atoms with E-state index in [2.05, 4.69) is 4.74 Å². The molecule has 0 aromatic heterocycles. The lowest BCUT2D eigenvalue weighted by molar-refractivity contribution is -0.348. The molecule has 1 heterocycles. The van der Waals surface area contributed by atoms with Gasteiger partial charge in [-0.2, -0.15) is 5.26 Å². The number of methoxy groups -OCH3 is 1. The van der Waals surface area contributed by atoms with Gasteiger partial charge in [0.15, 0.2) is 12.1 Å². The Morgan fingerprint density at radius 1 is 1.69 bits per heavy atom. The van der Waals surface area contributed by atoms with Gasteiger partial charge in [0.05, 0.1) is 20.3 Å². The van der Waals surface area contributed by atoms with Gasteiger partial charge in [-0.15, -0.1) is 0 Å². The molecule has 0 aromatic carbocycles. The van der Waals surface area contributed by atoms with Crippen molar-refractivity contribution in [2.45, 2.75) is 18.6 Å². The van der Waals surface area contributed by atoms with Gasteiger partial charge in [0.2, 0.25) is 0 Å². The molecule has 0 aromatic rings. The van der Waals surface area contributed by atoms with Crippen LogP contribution in [-0.2, 0) is 19.2 Å². The molecule has 1 fully saturated rings. The van der Waals surface area contributed by atoms with Gasteiger partial charge in [0, 0.05) is 6.42 Å². The molecule has 2 atom stereocenters. The molecule has 1 aliphatic heterocycles. The minimum Gasteiger partial charge on any atom is -0.468 e. The van der Waals surface area contributed by atoms with E-state index >= 15 is 0 Å². The molecule has 6 nitrogen and oxygen atoms in total. The third-order valence-electron chi connectivity index (χ3n) is 1.72. The van der Waals surface area contributed by atoms with Crippen molar-refractivity contribution in [2.24, 2.45) is 0 Å². The van der Waals surface area contributed by atoms with Crippen LogP contribution in [0.3, 0.4) is 0 Å². The number of hydrogen-bond donors (Lipinski definition) is 0. The number of ether oxygens (including phenoxy) is 1. The number of carbonyl (C=O) groups is 1. The van der Waals surface area contributed by atoms with Gasteiger partial charge in [-0.25, -0.2) is 0 Å². The molecule has 72 valence electrons. The number of hydrogen-bond acceptors (Lipinski definition) is 6. The Labute approximate surface area is 75.5 Å². The zero-order valence-corrected chi connectivity index (χ0v) is 7.39. The van der Waals surface area contributed by atoms with Crippen LogP contribution < -0.4 is 0 Å². The minimum absolute atomic E-state index is 0.261. The fourth-order valence-corrected chi connectivity index (χ4v) is 1.10. The first-order valence-electron chi connectivity index (χ1n) is 3.70. The predicted octanol–water partition coefficient (Wildman–Crippen LogP) is -0.381. The lowest BCUT2D eigenvalue weighted by Gasteiger charge is -2.16. The van der Waals surface area contributed by atoms with E-state index in [1.807, 2.05) is 6.07 Å². The first kappa shape index (κ1) is 9.92. The summed E-state index contributed by atoms with van der Waals surface area (Å²) in [6.07, 6.45) is -0.388. The molecule has 0 spiro atoms. The fraction of sp³-hybridized carbons (Fsp3) is 0.714. The zero-order chi connectivity index (χ0) is 9.84. The highest BCUT2D eigenvalue weighted by Gasteiger charge is 2.39. The van der Waals surface area contributed by atoms with Crippen LogP contribution in [0.2, 0.25) is 0 Å². The predicted molar refractivity (Wildman–Crippen MR) is 39.8 cm³/mol. The molecule has 6 heteroatoms. The van der Waals surface area contributed by atoms with Gasteiger partial charge in [-0.3, -0.25) is 14.5 Å². The van der Waals surface area contributed by atoms with E-state index in [9.17, 15) is 4.79 Å². The van der Waals surface area contributed by atoms with Gasteiger partial charge in [0.25, 0.3) is 0 Å². The van der Waals surface area contributed by atoms with Crippen molar-refractivity contribution in [2.75, 3.05) is 14.2 Å². The van der Waals surface area contributed by atoms with Crippen LogP contribution in [0.15, 0.2) is 0 Å². The first-order chi connectivity index (χ1) is 6.22. The van der Waals surface area contributed by atoms with Crippen LogP contribution in [0.4, 0.5) is 0 Å².